The van der Waals surface area contributed by atoms with Crippen LogP contribution in [0.1, 0.15) is 47.3 Å². The van der Waals surface area contributed by atoms with Gasteiger partial charge in [0.1, 0.15) is 11.6 Å². The normalized spacial score (nSPS) is 10.6. The van der Waals surface area contributed by atoms with Gasteiger partial charge in [-0.1, -0.05) is 31.2 Å². The molecule has 6 nitrogen and oxygen atoms in total. The first-order valence-corrected chi connectivity index (χ1v) is 10.5. The number of amides is 1. The molecule has 1 aromatic carbocycles. The Morgan fingerprint density at radius 2 is 2.00 bits per heavy atom. The molecule has 8 heteroatoms. The molecule has 2 heterocycles. The largest absolute Gasteiger partial charge is 0.383 e. The molecule has 3 rings (SSSR count). The minimum Gasteiger partial charge on any atom is -0.383 e. The van der Waals surface area contributed by atoms with Crippen molar-refractivity contribution in [3.05, 3.63) is 56.9 Å². The molecule has 0 radical (unpaired) electrons. The maximum atomic E-state index is 12.5. The Labute approximate surface area is 185 Å². The average Bonchev–Trinajstić information content (AvgIpc) is 3.06. The van der Waals surface area contributed by atoms with Crippen LogP contribution in [0.5, 0.6) is 0 Å². The lowest BCUT2D eigenvalue weighted by molar-refractivity contribution is -0.117. The number of aromatic nitrogens is 1. The predicted molar refractivity (Wildman–Crippen MR) is 125 cm³/mol. The number of rotatable bonds is 9. The van der Waals surface area contributed by atoms with Gasteiger partial charge in [0, 0.05) is 36.0 Å². The van der Waals surface area contributed by atoms with Gasteiger partial charge in [-0.15, -0.1) is 11.3 Å². The second-order valence-electron chi connectivity index (χ2n) is 6.80. The number of nitrogens with one attached hydrogen (secondary N) is 2. The number of Topliss-reactive ketones (excluding diaryl/α,β-unsaturated/α-hetero) is 1. The number of hydrogen-bond donors (Lipinski definition) is 3. The van der Waals surface area contributed by atoms with Gasteiger partial charge in [-0.05, 0) is 49.0 Å². The molecular weight excluding hydrogens is 420 g/mol. The summed E-state index contributed by atoms with van der Waals surface area (Å²) in [6, 6.07) is 9.42. The van der Waals surface area contributed by atoms with Gasteiger partial charge < -0.3 is 21.2 Å². The molecule has 0 aliphatic carbocycles. The van der Waals surface area contributed by atoms with Crippen molar-refractivity contribution in [2.45, 2.75) is 40.3 Å². The lowest BCUT2D eigenvalue weighted by Crippen LogP contribution is -2.21. The lowest BCUT2D eigenvalue weighted by atomic mass is 10.1. The van der Waals surface area contributed by atoms with Gasteiger partial charge in [-0.3, -0.25) is 4.79 Å². The summed E-state index contributed by atoms with van der Waals surface area (Å²) in [4.78, 5) is 29.0. The molecule has 0 saturated carbocycles. The van der Waals surface area contributed by atoms with E-state index in [1.165, 1.54) is 11.3 Å². The molecule has 1 amide bonds. The van der Waals surface area contributed by atoms with Crippen molar-refractivity contribution >= 4 is 51.2 Å². The van der Waals surface area contributed by atoms with Crippen LogP contribution >= 0.6 is 22.9 Å². The molecule has 0 bridgehead atoms. The van der Waals surface area contributed by atoms with Crippen molar-refractivity contribution in [3.63, 3.8) is 0 Å². The quantitative estimate of drug-likeness (QED) is 0.419. The van der Waals surface area contributed by atoms with Crippen LogP contribution in [0, 0.1) is 0 Å². The minimum absolute atomic E-state index is 0. The second-order valence-corrected chi connectivity index (χ2v) is 8.34. The summed E-state index contributed by atoms with van der Waals surface area (Å²) >= 11 is 7.64. The minimum atomic E-state index is -0.158. The SMILES string of the molecule is C.CC(=O)CCCNCc1sc(C(=O)NCc2ccc3c(N)nccc3c2)cc1Cl. The van der Waals surface area contributed by atoms with Gasteiger partial charge in [-0.25, -0.2) is 4.98 Å². The van der Waals surface area contributed by atoms with Crippen molar-refractivity contribution in [2.24, 2.45) is 0 Å². The molecule has 0 atom stereocenters. The number of nitrogen functional groups attached to an aromatic ring is 1. The van der Waals surface area contributed by atoms with E-state index in [0.717, 1.165) is 34.2 Å². The maximum Gasteiger partial charge on any atom is 0.261 e. The standard InChI is InChI=1S/C21H23ClN4O2S.CH4/c1-13(27)3-2-7-24-12-19-17(22)10-18(29-19)21(28)26-11-14-4-5-16-15(9-14)6-8-25-20(16)23;/h4-6,8-10,24H,2-3,7,11-12H2,1H3,(H2,23,25)(H,26,28);1H4. The maximum absolute atomic E-state index is 12.5. The summed E-state index contributed by atoms with van der Waals surface area (Å²) in [5.41, 5.74) is 6.85. The van der Waals surface area contributed by atoms with E-state index in [1.54, 1.807) is 19.2 Å². The Morgan fingerprint density at radius 1 is 1.20 bits per heavy atom. The van der Waals surface area contributed by atoms with E-state index in [-0.39, 0.29) is 19.1 Å². The fourth-order valence-corrected chi connectivity index (χ4v) is 4.23. The second kappa shape index (κ2) is 11.1. The fourth-order valence-electron chi connectivity index (χ4n) is 2.93. The Balaban J connectivity index is 0.00000320. The Kier molecular flexibility index (Phi) is 8.77. The predicted octanol–water partition coefficient (Wildman–Crippen LogP) is 4.56. The number of halogens is 1. The Hall–Kier alpha value is -2.48. The molecular formula is C22H27ClN4O2S. The van der Waals surface area contributed by atoms with E-state index in [9.17, 15) is 9.59 Å². The van der Waals surface area contributed by atoms with Crippen LogP contribution in [-0.2, 0) is 17.9 Å². The van der Waals surface area contributed by atoms with E-state index in [4.69, 9.17) is 17.3 Å². The number of carbonyl (C=O) groups excluding carboxylic acids is 2. The van der Waals surface area contributed by atoms with Gasteiger partial charge in [0.05, 0.1) is 9.90 Å². The van der Waals surface area contributed by atoms with E-state index in [0.29, 0.717) is 35.2 Å². The highest BCUT2D eigenvalue weighted by atomic mass is 35.5. The molecule has 3 aromatic rings. The third-order valence-corrected chi connectivity index (χ3v) is 6.04. The van der Waals surface area contributed by atoms with Gasteiger partial charge in [0.2, 0.25) is 0 Å². The van der Waals surface area contributed by atoms with Gasteiger partial charge in [0.25, 0.3) is 5.91 Å². The number of ketones is 1. The number of fused-ring (bicyclic) bond motifs is 1. The van der Waals surface area contributed by atoms with Crippen LogP contribution in [-0.4, -0.2) is 23.2 Å². The average molecular weight is 447 g/mol. The van der Waals surface area contributed by atoms with Crippen LogP contribution in [0.15, 0.2) is 36.5 Å². The van der Waals surface area contributed by atoms with Crippen LogP contribution < -0.4 is 16.4 Å². The Bertz CT molecular complexity index is 1040. The molecule has 0 spiro atoms. The smallest absolute Gasteiger partial charge is 0.261 e. The molecule has 0 aliphatic rings. The van der Waals surface area contributed by atoms with Gasteiger partial charge in [0.15, 0.2) is 0 Å². The van der Waals surface area contributed by atoms with Crippen LogP contribution in [0.4, 0.5) is 5.82 Å². The fraction of sp³-hybridized carbons (Fsp3) is 0.318. The number of nitrogens with zero attached hydrogens (tertiary/aromatic N) is 1. The summed E-state index contributed by atoms with van der Waals surface area (Å²) in [5, 5.41) is 8.65. The topological polar surface area (TPSA) is 97.1 Å². The summed E-state index contributed by atoms with van der Waals surface area (Å²) in [6.07, 6.45) is 3.03. The molecule has 4 N–H and O–H groups in total. The summed E-state index contributed by atoms with van der Waals surface area (Å²) in [5.74, 6) is 0.522. The number of nitrogens with two attached hydrogens (primary N) is 1. The molecule has 2 aromatic heterocycles. The first-order valence-electron chi connectivity index (χ1n) is 9.33. The summed E-state index contributed by atoms with van der Waals surface area (Å²) < 4.78 is 0. The molecule has 0 aliphatic heterocycles. The zero-order valence-electron chi connectivity index (χ0n) is 16.1. The van der Waals surface area contributed by atoms with E-state index in [1.807, 2.05) is 24.3 Å². The van der Waals surface area contributed by atoms with Crippen molar-refractivity contribution in [1.29, 1.82) is 0 Å². The Morgan fingerprint density at radius 3 is 2.77 bits per heavy atom. The zero-order valence-corrected chi connectivity index (χ0v) is 17.7. The molecule has 0 saturated heterocycles. The number of thiophene rings is 1. The van der Waals surface area contributed by atoms with Crippen molar-refractivity contribution in [2.75, 3.05) is 12.3 Å². The first-order chi connectivity index (χ1) is 13.9. The van der Waals surface area contributed by atoms with Crippen molar-refractivity contribution < 1.29 is 9.59 Å². The summed E-state index contributed by atoms with van der Waals surface area (Å²) in [6.45, 7) is 3.31. The molecule has 160 valence electrons. The van der Waals surface area contributed by atoms with Crippen molar-refractivity contribution in [3.8, 4) is 0 Å². The van der Waals surface area contributed by atoms with Gasteiger partial charge in [-0.2, -0.15) is 0 Å². The van der Waals surface area contributed by atoms with Crippen molar-refractivity contribution in [1.82, 2.24) is 15.6 Å². The van der Waals surface area contributed by atoms with Crippen LogP contribution in [0.3, 0.4) is 0 Å². The monoisotopic (exact) mass is 446 g/mol. The highest BCUT2D eigenvalue weighted by molar-refractivity contribution is 7.14. The first kappa shape index (κ1) is 23.8. The van der Waals surface area contributed by atoms with E-state index >= 15 is 0 Å². The number of pyridine rings is 1. The molecule has 0 unspecified atom stereocenters. The third kappa shape index (κ3) is 6.26. The molecule has 30 heavy (non-hydrogen) atoms. The van der Waals surface area contributed by atoms with E-state index < -0.39 is 0 Å². The lowest BCUT2D eigenvalue weighted by Gasteiger charge is -2.06. The number of hydrogen-bond acceptors (Lipinski definition) is 6. The number of anilines is 1. The zero-order chi connectivity index (χ0) is 20.8. The number of carbonyl (C=O) groups is 2. The van der Waals surface area contributed by atoms with Crippen LogP contribution in [0.2, 0.25) is 5.02 Å². The third-order valence-electron chi connectivity index (χ3n) is 4.46. The van der Waals surface area contributed by atoms with Crippen LogP contribution in [0.25, 0.3) is 10.8 Å². The highest BCUT2D eigenvalue weighted by Gasteiger charge is 2.13. The number of benzene rings is 1. The van der Waals surface area contributed by atoms with E-state index in [2.05, 4.69) is 15.6 Å². The van der Waals surface area contributed by atoms with Gasteiger partial charge >= 0.3 is 0 Å². The molecule has 0 fully saturated rings. The summed E-state index contributed by atoms with van der Waals surface area (Å²) in [7, 11) is 0. The highest BCUT2D eigenvalue weighted by Crippen LogP contribution is 2.27.